The van der Waals surface area contributed by atoms with Crippen LogP contribution in [0.3, 0.4) is 0 Å². The lowest BCUT2D eigenvalue weighted by Gasteiger charge is -2.42. The van der Waals surface area contributed by atoms with Crippen LogP contribution in [0, 0.1) is 16.7 Å². The van der Waals surface area contributed by atoms with Crippen molar-refractivity contribution in [1.29, 1.82) is 0 Å². The van der Waals surface area contributed by atoms with Gasteiger partial charge in [-0.05, 0) is 23.8 Å². The minimum absolute atomic E-state index is 0.372. The summed E-state index contributed by atoms with van der Waals surface area (Å²) in [6.07, 6.45) is 0. The van der Waals surface area contributed by atoms with Gasteiger partial charge in [-0.25, -0.2) is 0 Å². The van der Waals surface area contributed by atoms with Crippen LogP contribution in [0.15, 0.2) is 0 Å². The highest BCUT2D eigenvalue weighted by Crippen LogP contribution is 2.38. The Hall–Kier alpha value is -0.0400. The summed E-state index contributed by atoms with van der Waals surface area (Å²) in [5, 5.41) is 0. The summed E-state index contributed by atoms with van der Waals surface area (Å²) in [6.45, 7) is 18.6. The lowest BCUT2D eigenvalue weighted by atomic mass is 9.69. The van der Waals surface area contributed by atoms with Crippen molar-refractivity contribution in [3.05, 3.63) is 0 Å². The molecular formula is C13H29N. The Morgan fingerprint density at radius 2 is 1.43 bits per heavy atom. The van der Waals surface area contributed by atoms with E-state index in [0.717, 1.165) is 5.92 Å². The van der Waals surface area contributed by atoms with E-state index in [0.29, 0.717) is 10.8 Å². The van der Waals surface area contributed by atoms with Gasteiger partial charge in [-0.3, -0.25) is 0 Å². The summed E-state index contributed by atoms with van der Waals surface area (Å²) >= 11 is 0. The van der Waals surface area contributed by atoms with Gasteiger partial charge in [0.2, 0.25) is 0 Å². The largest absolute Gasteiger partial charge is 0.306 e. The predicted octanol–water partition coefficient (Wildman–Crippen LogP) is 3.65. The number of nitrogens with zero attached hydrogens (tertiary/aromatic N) is 1. The van der Waals surface area contributed by atoms with E-state index in [2.05, 4.69) is 60.4 Å². The zero-order chi connectivity index (χ0) is 11.6. The minimum atomic E-state index is 0.372. The summed E-state index contributed by atoms with van der Waals surface area (Å²) < 4.78 is 0. The van der Waals surface area contributed by atoms with Crippen molar-refractivity contribution in [2.24, 2.45) is 16.7 Å². The van der Waals surface area contributed by atoms with Gasteiger partial charge in [0.15, 0.2) is 0 Å². The van der Waals surface area contributed by atoms with Crippen molar-refractivity contribution in [3.63, 3.8) is 0 Å². The molecular weight excluding hydrogens is 170 g/mol. The van der Waals surface area contributed by atoms with E-state index in [1.165, 1.54) is 13.1 Å². The Labute approximate surface area is 90.9 Å². The first kappa shape index (κ1) is 14.0. The molecule has 86 valence electrons. The van der Waals surface area contributed by atoms with Crippen LogP contribution < -0.4 is 0 Å². The minimum Gasteiger partial charge on any atom is -0.306 e. The van der Waals surface area contributed by atoms with Gasteiger partial charge >= 0.3 is 0 Å². The molecule has 0 heterocycles. The van der Waals surface area contributed by atoms with Crippen molar-refractivity contribution >= 4 is 0 Å². The van der Waals surface area contributed by atoms with Crippen LogP contribution in [0.4, 0.5) is 0 Å². The molecule has 0 aliphatic heterocycles. The third kappa shape index (κ3) is 4.45. The first-order chi connectivity index (χ1) is 6.06. The highest BCUT2D eigenvalue weighted by molar-refractivity contribution is 4.84. The molecule has 0 unspecified atom stereocenters. The van der Waals surface area contributed by atoms with Gasteiger partial charge in [0.1, 0.15) is 0 Å². The van der Waals surface area contributed by atoms with Crippen molar-refractivity contribution in [3.8, 4) is 0 Å². The third-order valence-corrected chi connectivity index (χ3v) is 3.37. The smallest absolute Gasteiger partial charge is 0.00347 e. The van der Waals surface area contributed by atoms with Gasteiger partial charge < -0.3 is 4.90 Å². The second kappa shape index (κ2) is 4.65. The Bertz CT molecular complexity index is 163. The van der Waals surface area contributed by atoms with Crippen molar-refractivity contribution < 1.29 is 0 Å². The number of hydrogen-bond donors (Lipinski definition) is 0. The second-order valence-electron chi connectivity index (χ2n) is 6.72. The molecule has 1 nitrogen and oxygen atoms in total. The molecule has 0 fully saturated rings. The first-order valence-electron chi connectivity index (χ1n) is 5.75. The van der Waals surface area contributed by atoms with Crippen LogP contribution in [0.5, 0.6) is 0 Å². The van der Waals surface area contributed by atoms with Crippen LogP contribution in [0.25, 0.3) is 0 Å². The highest BCUT2D eigenvalue weighted by atomic mass is 15.1. The molecule has 0 amide bonds. The molecule has 0 atom stereocenters. The fourth-order valence-electron chi connectivity index (χ4n) is 1.60. The van der Waals surface area contributed by atoms with Gasteiger partial charge in [0.25, 0.3) is 0 Å². The molecule has 0 radical (unpaired) electrons. The van der Waals surface area contributed by atoms with Crippen molar-refractivity contribution in [2.45, 2.75) is 48.5 Å². The maximum Gasteiger partial charge on any atom is 0.00347 e. The lowest BCUT2D eigenvalue weighted by molar-refractivity contribution is 0.0773. The van der Waals surface area contributed by atoms with Crippen LogP contribution in [0.1, 0.15) is 48.5 Å². The summed E-state index contributed by atoms with van der Waals surface area (Å²) in [7, 11) is 2.23. The summed E-state index contributed by atoms with van der Waals surface area (Å²) in [6, 6.07) is 0. The first-order valence-corrected chi connectivity index (χ1v) is 5.75. The number of rotatable bonds is 4. The maximum absolute atomic E-state index is 2.45. The van der Waals surface area contributed by atoms with Crippen LogP contribution >= 0.6 is 0 Å². The topological polar surface area (TPSA) is 3.24 Å². The Morgan fingerprint density at radius 1 is 1.00 bits per heavy atom. The molecule has 0 aromatic heterocycles. The quantitative estimate of drug-likeness (QED) is 0.668. The van der Waals surface area contributed by atoms with E-state index in [4.69, 9.17) is 0 Å². The molecule has 0 rings (SSSR count). The third-order valence-electron chi connectivity index (χ3n) is 3.37. The average molecular weight is 199 g/mol. The van der Waals surface area contributed by atoms with Crippen LogP contribution in [-0.4, -0.2) is 25.0 Å². The van der Waals surface area contributed by atoms with Gasteiger partial charge in [-0.2, -0.15) is 0 Å². The zero-order valence-corrected chi connectivity index (χ0v) is 11.4. The molecule has 0 N–H and O–H groups in total. The fraction of sp³-hybridized carbons (Fsp3) is 1.00. The van der Waals surface area contributed by atoms with E-state index in [1.54, 1.807) is 0 Å². The molecule has 0 spiro atoms. The van der Waals surface area contributed by atoms with Gasteiger partial charge in [-0.15, -0.1) is 0 Å². The Balaban J connectivity index is 4.22. The SMILES string of the molecule is CC(C)CN(C)CC(C)(C)C(C)(C)C. The molecule has 0 bridgehead atoms. The normalized spacial score (nSPS) is 14.1. The van der Waals surface area contributed by atoms with E-state index >= 15 is 0 Å². The van der Waals surface area contributed by atoms with E-state index in [1.807, 2.05) is 0 Å². The van der Waals surface area contributed by atoms with Crippen molar-refractivity contribution in [1.82, 2.24) is 4.90 Å². The molecule has 0 saturated heterocycles. The molecule has 0 aromatic rings. The molecule has 14 heavy (non-hydrogen) atoms. The zero-order valence-electron chi connectivity index (χ0n) is 11.4. The molecule has 1 heteroatoms. The second-order valence-corrected chi connectivity index (χ2v) is 6.72. The summed E-state index contributed by atoms with van der Waals surface area (Å²) in [5.41, 5.74) is 0.745. The average Bonchev–Trinajstić information content (AvgIpc) is 1.79. The summed E-state index contributed by atoms with van der Waals surface area (Å²) in [4.78, 5) is 2.45. The fourth-order valence-corrected chi connectivity index (χ4v) is 1.60. The van der Waals surface area contributed by atoms with E-state index in [9.17, 15) is 0 Å². The van der Waals surface area contributed by atoms with Crippen molar-refractivity contribution in [2.75, 3.05) is 20.1 Å². The van der Waals surface area contributed by atoms with Crippen LogP contribution in [0.2, 0.25) is 0 Å². The molecule has 0 aliphatic rings. The molecule has 0 aromatic carbocycles. The maximum atomic E-state index is 2.45. The predicted molar refractivity (Wildman–Crippen MR) is 65.6 cm³/mol. The monoisotopic (exact) mass is 199 g/mol. The van der Waals surface area contributed by atoms with Gasteiger partial charge in [0.05, 0.1) is 0 Å². The Morgan fingerprint density at radius 3 is 1.71 bits per heavy atom. The Kier molecular flexibility index (Phi) is 4.64. The summed E-state index contributed by atoms with van der Waals surface area (Å²) in [5.74, 6) is 0.760. The van der Waals surface area contributed by atoms with E-state index in [-0.39, 0.29) is 0 Å². The van der Waals surface area contributed by atoms with Crippen LogP contribution in [-0.2, 0) is 0 Å². The number of hydrogen-bond acceptors (Lipinski definition) is 1. The lowest BCUT2D eigenvalue weighted by Crippen LogP contribution is -2.41. The molecule has 0 saturated carbocycles. The van der Waals surface area contributed by atoms with Gasteiger partial charge in [-0.1, -0.05) is 48.5 Å². The standard InChI is InChI=1S/C13H29N/c1-11(2)9-14(8)10-13(6,7)12(3,4)5/h11H,9-10H2,1-8H3. The highest BCUT2D eigenvalue weighted by Gasteiger charge is 2.33. The van der Waals surface area contributed by atoms with Gasteiger partial charge in [0, 0.05) is 13.1 Å². The van der Waals surface area contributed by atoms with E-state index < -0.39 is 0 Å². The molecule has 0 aliphatic carbocycles.